The van der Waals surface area contributed by atoms with Crippen molar-refractivity contribution in [3.63, 3.8) is 0 Å². The number of thioether (sulfide) groups is 1. The number of halogens is 2. The standard InChI is InChI=1S/C15H19Cl2N5OS/c1-3-4-10(12-6-5-11(16)7-13(12)17)8-18-14(23)9-24-15-19-20-21-22(15)2/h5-7,10H,3-4,8-9H2,1-2H3,(H,18,23)/t10-/m1/s1. The third-order valence-electron chi connectivity index (χ3n) is 3.50. The van der Waals surface area contributed by atoms with Crippen LogP contribution in [-0.2, 0) is 11.8 Å². The molecular formula is C15H19Cl2N5OS. The first-order valence-electron chi connectivity index (χ1n) is 7.58. The van der Waals surface area contributed by atoms with Gasteiger partial charge in [-0.05, 0) is 34.5 Å². The fraction of sp³-hybridized carbons (Fsp3) is 0.467. The Morgan fingerprint density at radius 1 is 1.42 bits per heavy atom. The highest BCUT2D eigenvalue weighted by Gasteiger charge is 2.16. The lowest BCUT2D eigenvalue weighted by molar-refractivity contribution is -0.118. The van der Waals surface area contributed by atoms with Gasteiger partial charge in [-0.1, -0.05) is 54.4 Å². The molecule has 0 saturated heterocycles. The van der Waals surface area contributed by atoms with E-state index in [1.165, 1.54) is 16.4 Å². The van der Waals surface area contributed by atoms with Crippen LogP contribution in [0.25, 0.3) is 0 Å². The number of amides is 1. The van der Waals surface area contributed by atoms with E-state index < -0.39 is 0 Å². The molecule has 0 radical (unpaired) electrons. The van der Waals surface area contributed by atoms with E-state index in [0.717, 1.165) is 18.4 Å². The van der Waals surface area contributed by atoms with Gasteiger partial charge in [-0.25, -0.2) is 4.68 Å². The van der Waals surface area contributed by atoms with Crippen molar-refractivity contribution in [1.82, 2.24) is 25.5 Å². The Morgan fingerprint density at radius 2 is 2.21 bits per heavy atom. The molecule has 0 aliphatic heterocycles. The van der Waals surface area contributed by atoms with E-state index in [1.54, 1.807) is 13.1 Å². The molecular weight excluding hydrogens is 369 g/mol. The fourth-order valence-electron chi connectivity index (χ4n) is 2.31. The van der Waals surface area contributed by atoms with Gasteiger partial charge >= 0.3 is 0 Å². The van der Waals surface area contributed by atoms with Gasteiger partial charge in [0.05, 0.1) is 5.75 Å². The van der Waals surface area contributed by atoms with Gasteiger partial charge in [0.15, 0.2) is 0 Å². The van der Waals surface area contributed by atoms with Crippen LogP contribution >= 0.6 is 35.0 Å². The average Bonchev–Trinajstić information content (AvgIpc) is 2.95. The highest BCUT2D eigenvalue weighted by atomic mass is 35.5. The molecule has 2 aromatic rings. The summed E-state index contributed by atoms with van der Waals surface area (Å²) in [4.78, 5) is 12.1. The molecule has 1 atom stereocenters. The molecule has 0 unspecified atom stereocenters. The van der Waals surface area contributed by atoms with Crippen molar-refractivity contribution in [3.05, 3.63) is 33.8 Å². The summed E-state index contributed by atoms with van der Waals surface area (Å²) in [7, 11) is 1.74. The highest BCUT2D eigenvalue weighted by Crippen LogP contribution is 2.30. The Kier molecular flexibility index (Phi) is 7.33. The number of aryl methyl sites for hydroxylation is 1. The molecule has 1 amide bonds. The number of tetrazole rings is 1. The summed E-state index contributed by atoms with van der Waals surface area (Å²) in [5.74, 6) is 0.362. The van der Waals surface area contributed by atoms with Gasteiger partial charge in [0.1, 0.15) is 0 Å². The molecule has 1 aromatic heterocycles. The third-order valence-corrected chi connectivity index (χ3v) is 5.07. The lowest BCUT2D eigenvalue weighted by Crippen LogP contribution is -2.30. The van der Waals surface area contributed by atoms with Crippen LogP contribution in [0.1, 0.15) is 31.2 Å². The number of carbonyl (C=O) groups excluding carboxylic acids is 1. The van der Waals surface area contributed by atoms with Crippen molar-refractivity contribution < 1.29 is 4.79 Å². The molecule has 6 nitrogen and oxygen atoms in total. The molecule has 0 spiro atoms. The van der Waals surface area contributed by atoms with Crippen molar-refractivity contribution in [1.29, 1.82) is 0 Å². The number of aromatic nitrogens is 4. The van der Waals surface area contributed by atoms with Crippen LogP contribution in [0.3, 0.4) is 0 Å². The zero-order valence-corrected chi connectivity index (χ0v) is 15.8. The van der Waals surface area contributed by atoms with Crippen molar-refractivity contribution in [3.8, 4) is 0 Å². The van der Waals surface area contributed by atoms with Crippen molar-refractivity contribution in [2.45, 2.75) is 30.8 Å². The zero-order valence-electron chi connectivity index (χ0n) is 13.5. The minimum Gasteiger partial charge on any atom is -0.355 e. The van der Waals surface area contributed by atoms with Gasteiger partial charge in [-0.3, -0.25) is 4.79 Å². The number of nitrogens with one attached hydrogen (secondary N) is 1. The van der Waals surface area contributed by atoms with Gasteiger partial charge in [0.2, 0.25) is 11.1 Å². The molecule has 0 aliphatic carbocycles. The second kappa shape index (κ2) is 9.25. The molecule has 1 N–H and O–H groups in total. The molecule has 0 saturated carbocycles. The van der Waals surface area contributed by atoms with Crippen LogP contribution in [0.4, 0.5) is 0 Å². The third kappa shape index (κ3) is 5.36. The Hall–Kier alpha value is -1.31. The van der Waals surface area contributed by atoms with Gasteiger partial charge in [-0.2, -0.15) is 0 Å². The normalized spacial score (nSPS) is 12.2. The van der Waals surface area contributed by atoms with E-state index >= 15 is 0 Å². The summed E-state index contributed by atoms with van der Waals surface area (Å²) >= 11 is 13.5. The molecule has 0 aliphatic rings. The van der Waals surface area contributed by atoms with Gasteiger partial charge in [0, 0.05) is 29.6 Å². The number of nitrogens with zero attached hydrogens (tertiary/aromatic N) is 4. The van der Waals surface area contributed by atoms with Crippen LogP contribution in [0.2, 0.25) is 10.0 Å². The number of carbonyl (C=O) groups is 1. The van der Waals surface area contributed by atoms with Gasteiger partial charge < -0.3 is 5.32 Å². The molecule has 0 bridgehead atoms. The quantitative estimate of drug-likeness (QED) is 0.703. The van der Waals surface area contributed by atoms with Crippen molar-refractivity contribution in [2.75, 3.05) is 12.3 Å². The monoisotopic (exact) mass is 387 g/mol. The van der Waals surface area contributed by atoms with Crippen LogP contribution in [-0.4, -0.2) is 38.4 Å². The summed E-state index contributed by atoms with van der Waals surface area (Å²) in [5.41, 5.74) is 1.01. The predicted octanol–water partition coefficient (Wildman–Crippen LogP) is 3.31. The van der Waals surface area contributed by atoms with Crippen LogP contribution < -0.4 is 5.32 Å². The summed E-state index contributed by atoms with van der Waals surface area (Å²) < 4.78 is 1.53. The molecule has 130 valence electrons. The lowest BCUT2D eigenvalue weighted by Gasteiger charge is -2.19. The highest BCUT2D eigenvalue weighted by molar-refractivity contribution is 7.99. The predicted molar refractivity (Wildman–Crippen MR) is 96.6 cm³/mol. The average molecular weight is 388 g/mol. The van der Waals surface area contributed by atoms with Gasteiger partial charge in [0.25, 0.3) is 0 Å². The fourth-order valence-corrected chi connectivity index (χ4v) is 3.55. The first-order chi connectivity index (χ1) is 11.5. The van der Waals surface area contributed by atoms with E-state index in [0.29, 0.717) is 21.7 Å². The van der Waals surface area contributed by atoms with Crippen LogP contribution in [0, 0.1) is 0 Å². The number of hydrogen-bond acceptors (Lipinski definition) is 5. The largest absolute Gasteiger partial charge is 0.355 e. The number of hydrogen-bond donors (Lipinski definition) is 1. The Bertz CT molecular complexity index is 694. The minimum absolute atomic E-state index is 0.0609. The first-order valence-corrected chi connectivity index (χ1v) is 9.32. The van der Waals surface area contributed by atoms with E-state index in [4.69, 9.17) is 23.2 Å². The molecule has 1 aromatic carbocycles. The second-order valence-corrected chi connectivity index (χ2v) is 7.12. The Morgan fingerprint density at radius 3 is 2.83 bits per heavy atom. The number of benzene rings is 1. The molecule has 2 rings (SSSR count). The summed E-state index contributed by atoms with van der Waals surface area (Å²) in [6, 6.07) is 5.49. The van der Waals surface area contributed by atoms with Crippen LogP contribution in [0.5, 0.6) is 0 Å². The Labute approximate surface area is 155 Å². The smallest absolute Gasteiger partial charge is 0.230 e. The molecule has 9 heteroatoms. The molecule has 1 heterocycles. The van der Waals surface area contributed by atoms with Gasteiger partial charge in [-0.15, -0.1) is 5.10 Å². The van der Waals surface area contributed by atoms with E-state index in [9.17, 15) is 4.79 Å². The SMILES string of the molecule is CCC[C@H](CNC(=O)CSc1nnnn1C)c1ccc(Cl)cc1Cl. The molecule has 0 fully saturated rings. The summed E-state index contributed by atoms with van der Waals surface area (Å²) in [5, 5.41) is 15.9. The maximum atomic E-state index is 12.1. The topological polar surface area (TPSA) is 72.7 Å². The van der Waals surface area contributed by atoms with Crippen LogP contribution in [0.15, 0.2) is 23.4 Å². The summed E-state index contributed by atoms with van der Waals surface area (Å²) in [6.45, 7) is 2.64. The maximum absolute atomic E-state index is 12.1. The second-order valence-electron chi connectivity index (χ2n) is 5.33. The molecule has 24 heavy (non-hydrogen) atoms. The van der Waals surface area contributed by atoms with E-state index in [-0.39, 0.29) is 17.6 Å². The zero-order chi connectivity index (χ0) is 17.5. The van der Waals surface area contributed by atoms with E-state index in [1.807, 2.05) is 12.1 Å². The number of rotatable bonds is 8. The maximum Gasteiger partial charge on any atom is 0.230 e. The van der Waals surface area contributed by atoms with Crippen molar-refractivity contribution >= 4 is 40.9 Å². The minimum atomic E-state index is -0.0609. The van der Waals surface area contributed by atoms with Crippen molar-refractivity contribution in [2.24, 2.45) is 7.05 Å². The lowest BCUT2D eigenvalue weighted by atomic mass is 9.94. The first kappa shape index (κ1) is 19.0. The van der Waals surface area contributed by atoms with E-state index in [2.05, 4.69) is 27.8 Å². The summed E-state index contributed by atoms with van der Waals surface area (Å²) in [6.07, 6.45) is 1.93. The Balaban J connectivity index is 1.91.